The molecule has 0 radical (unpaired) electrons. The van der Waals surface area contributed by atoms with E-state index < -0.39 is 0 Å². The number of hydrogen-bond acceptors (Lipinski definition) is 9. The highest BCUT2D eigenvalue weighted by atomic mass is 16.5. The molecule has 0 aliphatic carbocycles. The molecule has 3 heterocycles. The maximum Gasteiger partial charge on any atom is 0.162 e. The second kappa shape index (κ2) is 15.8. The van der Waals surface area contributed by atoms with Crippen LogP contribution in [-0.2, 0) is 32.5 Å². The van der Waals surface area contributed by atoms with E-state index in [1.165, 1.54) is 0 Å². The lowest BCUT2D eigenvalue weighted by atomic mass is 9.98. The van der Waals surface area contributed by atoms with E-state index in [1.807, 2.05) is 43.3 Å². The topological polar surface area (TPSA) is 133 Å². The number of imidazole rings is 1. The minimum atomic E-state index is 0.0633. The molecular formula is C44H49N7O3. The molecule has 1 aromatic heterocycles. The van der Waals surface area contributed by atoms with Crippen LogP contribution in [0.2, 0.25) is 0 Å². The van der Waals surface area contributed by atoms with Gasteiger partial charge in [0.1, 0.15) is 17.3 Å². The summed E-state index contributed by atoms with van der Waals surface area (Å²) in [5, 5.41) is 3.49. The van der Waals surface area contributed by atoms with Crippen molar-refractivity contribution < 1.29 is 14.3 Å². The van der Waals surface area contributed by atoms with Crippen LogP contribution in [0.3, 0.4) is 0 Å². The Kier molecular flexibility index (Phi) is 10.9. The Labute approximate surface area is 317 Å². The van der Waals surface area contributed by atoms with E-state index in [-0.39, 0.29) is 5.78 Å². The quantitative estimate of drug-likeness (QED) is 0.103. The number of methoxy groups -OCH3 is 2. The number of ketones is 1. The third-order valence-electron chi connectivity index (χ3n) is 10.1. The molecule has 0 fully saturated rings. The first-order valence-electron chi connectivity index (χ1n) is 18.1. The van der Waals surface area contributed by atoms with Crippen LogP contribution in [0, 0.1) is 0 Å². The van der Waals surface area contributed by atoms with Crippen LogP contribution < -0.4 is 31.2 Å². The Balaban J connectivity index is 1.63. The molecule has 4 bridgehead atoms. The number of rotatable bonds is 9. The molecule has 0 saturated carbocycles. The van der Waals surface area contributed by atoms with Crippen molar-refractivity contribution in [1.29, 1.82) is 0 Å². The van der Waals surface area contributed by atoms with Crippen molar-refractivity contribution >= 4 is 46.3 Å². The second-order valence-corrected chi connectivity index (χ2v) is 13.5. The summed E-state index contributed by atoms with van der Waals surface area (Å²) in [6.45, 7) is 22.2. The number of fused-ring (bicyclic) bond motifs is 9. The summed E-state index contributed by atoms with van der Waals surface area (Å²) in [4.78, 5) is 25.6. The summed E-state index contributed by atoms with van der Waals surface area (Å²) in [6.07, 6.45) is 1.67. The Morgan fingerprint density at radius 2 is 1.67 bits per heavy atom. The average molecular weight is 724 g/mol. The van der Waals surface area contributed by atoms with Gasteiger partial charge in [-0.05, 0) is 71.8 Å². The maximum absolute atomic E-state index is 13.6. The van der Waals surface area contributed by atoms with Crippen LogP contribution in [0.15, 0.2) is 91.1 Å². The first-order valence-corrected chi connectivity index (χ1v) is 18.1. The van der Waals surface area contributed by atoms with Gasteiger partial charge in [0.25, 0.3) is 0 Å². The van der Waals surface area contributed by atoms with Crippen LogP contribution in [0.4, 0.5) is 11.4 Å². The number of aryl methyl sites for hydroxylation is 1. The zero-order valence-corrected chi connectivity index (χ0v) is 31.7. The zero-order chi connectivity index (χ0) is 38.7. The van der Waals surface area contributed by atoms with Gasteiger partial charge >= 0.3 is 0 Å². The fourth-order valence-corrected chi connectivity index (χ4v) is 7.37. The minimum Gasteiger partial charge on any atom is -0.496 e. The van der Waals surface area contributed by atoms with E-state index in [1.54, 1.807) is 14.2 Å². The summed E-state index contributed by atoms with van der Waals surface area (Å²) in [6, 6.07) is 20.2. The molecule has 5 N–H and O–H groups in total. The highest BCUT2D eigenvalue weighted by Gasteiger charge is 2.25. The van der Waals surface area contributed by atoms with Crippen molar-refractivity contribution in [2.75, 3.05) is 25.7 Å². The Morgan fingerprint density at radius 3 is 2.33 bits per heavy atom. The van der Waals surface area contributed by atoms with E-state index in [4.69, 9.17) is 25.9 Å². The molecule has 0 atom stereocenters. The summed E-state index contributed by atoms with van der Waals surface area (Å²) < 4.78 is 14.1. The number of aliphatic imine (C=N–C) groups is 1. The van der Waals surface area contributed by atoms with Crippen molar-refractivity contribution in [3.8, 4) is 22.9 Å². The van der Waals surface area contributed by atoms with Crippen molar-refractivity contribution in [1.82, 2.24) is 14.9 Å². The van der Waals surface area contributed by atoms with Crippen molar-refractivity contribution in [3.63, 3.8) is 0 Å². The first kappa shape index (κ1) is 37.5. The van der Waals surface area contributed by atoms with Gasteiger partial charge in [0.05, 0.1) is 36.5 Å². The summed E-state index contributed by atoms with van der Waals surface area (Å²) in [7, 11) is 3.26. The summed E-state index contributed by atoms with van der Waals surface area (Å²) in [5.74, 6) is 1.99. The third-order valence-corrected chi connectivity index (χ3v) is 10.1. The number of nitrogens with one attached hydrogen (secondary N) is 1. The Hall–Kier alpha value is -6.29. The lowest BCUT2D eigenvalue weighted by molar-refractivity contribution is 0.0987. The van der Waals surface area contributed by atoms with Crippen LogP contribution in [-0.4, -0.2) is 42.8 Å². The molecule has 7 rings (SSSR count). The van der Waals surface area contributed by atoms with E-state index in [0.717, 1.165) is 61.6 Å². The number of ether oxygens (including phenoxy) is 2. The molecule has 10 nitrogen and oxygen atoms in total. The monoisotopic (exact) mass is 723 g/mol. The van der Waals surface area contributed by atoms with Gasteiger partial charge in [-0.3, -0.25) is 9.79 Å². The van der Waals surface area contributed by atoms with Crippen LogP contribution in [0.1, 0.15) is 64.0 Å². The fourth-order valence-electron chi connectivity index (χ4n) is 7.37. The van der Waals surface area contributed by atoms with Crippen molar-refractivity contribution in [2.24, 2.45) is 16.5 Å². The Morgan fingerprint density at radius 1 is 0.926 bits per heavy atom. The number of Topliss-reactive ketones (excluding diaryl/α,β-unsaturated/α-hetero) is 1. The largest absolute Gasteiger partial charge is 0.496 e. The number of allylic oxidation sites excluding steroid dienone is 1. The molecule has 0 saturated heterocycles. The van der Waals surface area contributed by atoms with E-state index in [2.05, 4.69) is 77.4 Å². The maximum atomic E-state index is 13.6. The average Bonchev–Trinajstić information content (AvgIpc) is 3.55. The van der Waals surface area contributed by atoms with Crippen LogP contribution in [0.25, 0.3) is 33.8 Å². The third kappa shape index (κ3) is 7.07. The zero-order valence-electron chi connectivity index (χ0n) is 31.7. The molecule has 10 heteroatoms. The van der Waals surface area contributed by atoms with Crippen molar-refractivity contribution in [2.45, 2.75) is 52.7 Å². The number of benzene rings is 4. The molecule has 2 aliphatic rings. The van der Waals surface area contributed by atoms with Gasteiger partial charge in [-0.2, -0.15) is 0 Å². The van der Waals surface area contributed by atoms with Crippen LogP contribution >= 0.6 is 0 Å². The second-order valence-electron chi connectivity index (χ2n) is 13.5. The Bertz CT molecular complexity index is 2320. The first-order chi connectivity index (χ1) is 26.0. The number of carbonyl (C=O) groups is 1. The van der Waals surface area contributed by atoms with Crippen molar-refractivity contribution in [3.05, 3.63) is 125 Å². The molecule has 4 aromatic carbocycles. The minimum absolute atomic E-state index is 0.0633. The predicted molar refractivity (Wildman–Crippen MR) is 222 cm³/mol. The number of anilines is 1. The normalized spacial score (nSPS) is 13.2. The number of aromatic nitrogens is 2. The van der Waals surface area contributed by atoms with Gasteiger partial charge in [0.2, 0.25) is 0 Å². The molecule has 2 aliphatic heterocycles. The number of nitrogens with zero attached hydrogens (tertiary/aromatic N) is 4. The standard InChI is InChI=1S/C44H49N7O3/c1-9-32-33(27(4)45)14-17-38-41(32)49-44-36-22-29(12-18-40(36)53-7)21-26(3)48-24-30-11-13-31(35(23-30)39(52)10-2)25-50(19-20-51(38)44)37-16-15-34(28(5)46)43(54-8)42(37)47-6/h11-18,22-23,48H,3-6,9-10,19-21,24-25,45-46H2,1-2,7-8H3. The van der Waals surface area contributed by atoms with Gasteiger partial charge in [-0.1, -0.05) is 57.8 Å². The fraction of sp³-hybridized carbons (Fsp3) is 0.250. The lowest BCUT2D eigenvalue weighted by Crippen LogP contribution is -2.28. The van der Waals surface area contributed by atoms with Gasteiger partial charge in [0, 0.05) is 72.8 Å². The SMILES string of the molecule is C=Nc1c(N2CCn3c(nc4c(CC)c(C(=C)N)ccc43)-c3cc(ccc3OC)CC(=C)NCc3ccc(c(C(=O)CC)c3)C2)ccc(C(=C)N)c1OC. The lowest BCUT2D eigenvalue weighted by Gasteiger charge is -2.29. The van der Waals surface area contributed by atoms with Crippen LogP contribution in [0.5, 0.6) is 11.5 Å². The number of carbonyl (C=O) groups excluding carboxylic acids is 1. The number of hydrogen-bond donors (Lipinski definition) is 3. The molecule has 5 aromatic rings. The number of nitrogens with two attached hydrogens (primary N) is 2. The molecule has 0 spiro atoms. The highest BCUT2D eigenvalue weighted by Crippen LogP contribution is 2.43. The van der Waals surface area contributed by atoms with Gasteiger partial charge in [-0.15, -0.1) is 0 Å². The van der Waals surface area contributed by atoms with Gasteiger partial charge < -0.3 is 35.7 Å². The molecular weight excluding hydrogens is 675 g/mol. The molecule has 0 unspecified atom stereocenters. The van der Waals surface area contributed by atoms with Gasteiger partial charge in [-0.25, -0.2) is 4.98 Å². The highest BCUT2D eigenvalue weighted by molar-refractivity contribution is 5.97. The summed E-state index contributed by atoms with van der Waals surface area (Å²) >= 11 is 0. The molecule has 278 valence electrons. The van der Waals surface area contributed by atoms with E-state index in [9.17, 15) is 4.79 Å². The predicted octanol–water partition coefficient (Wildman–Crippen LogP) is 7.93. The smallest absolute Gasteiger partial charge is 0.162 e. The van der Waals surface area contributed by atoms with E-state index in [0.29, 0.717) is 85.1 Å². The molecule has 54 heavy (non-hydrogen) atoms. The van der Waals surface area contributed by atoms with Gasteiger partial charge in [0.15, 0.2) is 11.5 Å². The van der Waals surface area contributed by atoms with E-state index >= 15 is 0 Å². The molecule has 0 amide bonds. The summed E-state index contributed by atoms with van der Waals surface area (Å²) in [5.41, 5.74) is 24.3.